The number of hydrogen-bond donors (Lipinski definition) is 0. The Bertz CT molecular complexity index is 816. The summed E-state index contributed by atoms with van der Waals surface area (Å²) in [6, 6.07) is 8.01. The number of rotatable bonds is 2. The lowest BCUT2D eigenvalue weighted by Crippen LogP contribution is -2.40. The zero-order valence-electron chi connectivity index (χ0n) is 14.3. The molecule has 1 unspecified atom stereocenters. The first-order valence-electron chi connectivity index (χ1n) is 8.58. The fraction of sp³-hybridized carbons (Fsp3) is 0.421. The molecule has 0 aliphatic carbocycles. The lowest BCUT2D eigenvalue weighted by atomic mass is 10.0. The van der Waals surface area contributed by atoms with Crippen LogP contribution < -0.4 is 9.80 Å². The summed E-state index contributed by atoms with van der Waals surface area (Å²) in [4.78, 5) is 9.33. The first kappa shape index (κ1) is 16.2. The number of aromatic nitrogens is 1. The summed E-state index contributed by atoms with van der Waals surface area (Å²) in [6.45, 7) is 4.02. The Labute approximate surface area is 145 Å². The van der Waals surface area contributed by atoms with Gasteiger partial charge in [-0.25, -0.2) is 4.98 Å². The van der Waals surface area contributed by atoms with Crippen LogP contribution in [-0.2, 0) is 12.6 Å². The molecular formula is C19H20F3N3. The van der Waals surface area contributed by atoms with Gasteiger partial charge in [-0.2, -0.15) is 13.2 Å². The quantitative estimate of drug-likeness (QED) is 0.805. The van der Waals surface area contributed by atoms with Crippen LogP contribution in [0.4, 0.5) is 24.7 Å². The molecule has 2 bridgehead atoms. The van der Waals surface area contributed by atoms with Crippen LogP contribution in [0.5, 0.6) is 0 Å². The number of halogens is 3. The Balaban J connectivity index is 1.86. The molecule has 3 heterocycles. The molecule has 4 rings (SSSR count). The molecule has 1 atom stereocenters. The summed E-state index contributed by atoms with van der Waals surface area (Å²) in [6.07, 6.45) is -2.53. The molecule has 0 N–H and O–H groups in total. The van der Waals surface area contributed by atoms with E-state index in [1.54, 1.807) is 6.07 Å². The van der Waals surface area contributed by atoms with Crippen molar-refractivity contribution in [2.45, 2.75) is 32.0 Å². The molecule has 25 heavy (non-hydrogen) atoms. The van der Waals surface area contributed by atoms with Crippen molar-refractivity contribution in [1.82, 2.24) is 4.98 Å². The average molecular weight is 347 g/mol. The van der Waals surface area contributed by atoms with Crippen LogP contribution in [0, 0.1) is 0 Å². The number of alkyl halides is 3. The Morgan fingerprint density at radius 2 is 2.04 bits per heavy atom. The van der Waals surface area contributed by atoms with Crippen molar-refractivity contribution in [1.29, 1.82) is 0 Å². The molecule has 1 aromatic carbocycles. The van der Waals surface area contributed by atoms with Gasteiger partial charge in [0, 0.05) is 31.7 Å². The molecule has 2 aliphatic heterocycles. The van der Waals surface area contributed by atoms with Gasteiger partial charge in [0.05, 0.1) is 16.9 Å². The zero-order chi connectivity index (χ0) is 17.8. The first-order valence-corrected chi connectivity index (χ1v) is 8.58. The van der Waals surface area contributed by atoms with Gasteiger partial charge in [0.25, 0.3) is 0 Å². The summed E-state index contributed by atoms with van der Waals surface area (Å²) < 4.78 is 39.2. The number of anilines is 2. The van der Waals surface area contributed by atoms with Crippen molar-refractivity contribution in [2.75, 3.05) is 29.9 Å². The fourth-order valence-electron chi connectivity index (χ4n) is 3.84. The largest absolute Gasteiger partial charge is 0.416 e. The van der Waals surface area contributed by atoms with E-state index in [2.05, 4.69) is 15.9 Å². The van der Waals surface area contributed by atoms with Crippen molar-refractivity contribution in [3.05, 3.63) is 41.5 Å². The standard InChI is InChI=1S/C19H20F3N3/c1-3-12-10-16-18(24(2)15-7-8-25(16)11-15)23-17(12)13-5-4-6-14(9-13)19(20,21)22/h4-6,9-10,15H,3,7-8,11H2,1-2H3. The molecule has 6 heteroatoms. The van der Waals surface area contributed by atoms with E-state index in [0.717, 1.165) is 49.1 Å². The van der Waals surface area contributed by atoms with E-state index >= 15 is 0 Å². The van der Waals surface area contributed by atoms with Crippen LogP contribution >= 0.6 is 0 Å². The minimum absolute atomic E-state index is 0.432. The predicted molar refractivity (Wildman–Crippen MR) is 93.1 cm³/mol. The average Bonchev–Trinajstić information content (AvgIpc) is 3.04. The highest BCUT2D eigenvalue weighted by Gasteiger charge is 2.36. The minimum Gasteiger partial charge on any atom is -0.366 e. The third kappa shape index (κ3) is 2.64. The number of aryl methyl sites for hydroxylation is 1. The normalized spacial score (nSPS) is 19.3. The van der Waals surface area contributed by atoms with E-state index in [1.165, 1.54) is 12.1 Å². The molecule has 132 valence electrons. The maximum absolute atomic E-state index is 13.1. The van der Waals surface area contributed by atoms with E-state index < -0.39 is 11.7 Å². The molecule has 1 aromatic heterocycles. The number of fused-ring (bicyclic) bond motifs is 4. The van der Waals surface area contributed by atoms with Crippen molar-refractivity contribution >= 4 is 11.5 Å². The summed E-state index contributed by atoms with van der Waals surface area (Å²) in [7, 11) is 2.03. The molecule has 1 saturated heterocycles. The van der Waals surface area contributed by atoms with Crippen LogP contribution in [0.3, 0.4) is 0 Å². The number of pyridine rings is 1. The zero-order valence-corrected chi connectivity index (χ0v) is 14.3. The monoisotopic (exact) mass is 347 g/mol. The highest BCUT2D eigenvalue weighted by molar-refractivity contribution is 5.78. The van der Waals surface area contributed by atoms with E-state index in [-0.39, 0.29) is 0 Å². The second-order valence-electron chi connectivity index (χ2n) is 6.77. The molecule has 0 spiro atoms. The SMILES string of the molecule is CCc1cc2c(nc1-c1cccc(C(F)(F)F)c1)N(C)C1CCN2C1. The van der Waals surface area contributed by atoms with E-state index in [9.17, 15) is 13.2 Å². The first-order chi connectivity index (χ1) is 11.9. The Hall–Kier alpha value is -2.24. The van der Waals surface area contributed by atoms with E-state index in [0.29, 0.717) is 17.3 Å². The molecule has 0 saturated carbocycles. The second-order valence-corrected chi connectivity index (χ2v) is 6.77. The molecule has 0 radical (unpaired) electrons. The summed E-state index contributed by atoms with van der Waals surface area (Å²) in [5.74, 6) is 0.873. The van der Waals surface area contributed by atoms with E-state index in [1.807, 2.05) is 14.0 Å². The molecular weight excluding hydrogens is 327 g/mol. The highest BCUT2D eigenvalue weighted by atomic mass is 19.4. The van der Waals surface area contributed by atoms with Gasteiger partial charge in [0.2, 0.25) is 0 Å². The number of benzene rings is 1. The van der Waals surface area contributed by atoms with Crippen LogP contribution in [0.25, 0.3) is 11.3 Å². The fourth-order valence-corrected chi connectivity index (χ4v) is 3.84. The van der Waals surface area contributed by atoms with Gasteiger partial charge >= 0.3 is 6.18 Å². The van der Waals surface area contributed by atoms with Gasteiger partial charge < -0.3 is 9.80 Å². The van der Waals surface area contributed by atoms with Crippen molar-refractivity contribution in [3.8, 4) is 11.3 Å². The van der Waals surface area contributed by atoms with Crippen molar-refractivity contribution in [2.24, 2.45) is 0 Å². The summed E-state index contributed by atoms with van der Waals surface area (Å²) >= 11 is 0. The smallest absolute Gasteiger partial charge is 0.366 e. The topological polar surface area (TPSA) is 19.4 Å². The second kappa shape index (κ2) is 5.64. The third-order valence-electron chi connectivity index (χ3n) is 5.29. The van der Waals surface area contributed by atoms with Gasteiger partial charge in [-0.3, -0.25) is 0 Å². The molecule has 3 nitrogen and oxygen atoms in total. The third-order valence-corrected chi connectivity index (χ3v) is 5.29. The number of likely N-dealkylation sites (N-methyl/N-ethyl adjacent to an activating group) is 1. The van der Waals surface area contributed by atoms with Gasteiger partial charge in [-0.15, -0.1) is 0 Å². The molecule has 0 amide bonds. The van der Waals surface area contributed by atoms with Gasteiger partial charge in [-0.1, -0.05) is 19.1 Å². The van der Waals surface area contributed by atoms with E-state index in [4.69, 9.17) is 4.98 Å². The van der Waals surface area contributed by atoms with Gasteiger partial charge in [-0.05, 0) is 36.6 Å². The molecule has 2 aliphatic rings. The van der Waals surface area contributed by atoms with Crippen LogP contribution in [-0.4, -0.2) is 31.2 Å². The number of hydrogen-bond acceptors (Lipinski definition) is 3. The van der Waals surface area contributed by atoms with Gasteiger partial charge in [0.1, 0.15) is 0 Å². The Morgan fingerprint density at radius 1 is 1.24 bits per heavy atom. The summed E-state index contributed by atoms with van der Waals surface area (Å²) in [5, 5.41) is 0. The maximum Gasteiger partial charge on any atom is 0.416 e. The molecule has 2 aromatic rings. The van der Waals surface area contributed by atoms with Crippen LogP contribution in [0.2, 0.25) is 0 Å². The predicted octanol–water partition coefficient (Wildman–Crippen LogP) is 4.36. The van der Waals surface area contributed by atoms with Crippen molar-refractivity contribution < 1.29 is 13.2 Å². The van der Waals surface area contributed by atoms with Gasteiger partial charge in [0.15, 0.2) is 5.82 Å². The lowest BCUT2D eigenvalue weighted by Gasteiger charge is -2.35. The minimum atomic E-state index is -4.35. The number of nitrogens with zero attached hydrogens (tertiary/aromatic N) is 3. The Morgan fingerprint density at radius 3 is 2.76 bits per heavy atom. The lowest BCUT2D eigenvalue weighted by molar-refractivity contribution is -0.137. The van der Waals surface area contributed by atoms with Crippen molar-refractivity contribution in [3.63, 3.8) is 0 Å². The highest BCUT2D eigenvalue weighted by Crippen LogP contribution is 2.41. The maximum atomic E-state index is 13.1. The van der Waals surface area contributed by atoms with Crippen LogP contribution in [0.15, 0.2) is 30.3 Å². The van der Waals surface area contributed by atoms with Crippen LogP contribution in [0.1, 0.15) is 24.5 Å². The molecule has 1 fully saturated rings. The summed E-state index contributed by atoms with van der Waals surface area (Å²) in [5.41, 5.74) is 2.63. The Kier molecular flexibility index (Phi) is 3.67.